The van der Waals surface area contributed by atoms with Crippen molar-refractivity contribution in [3.05, 3.63) is 83.4 Å². The van der Waals surface area contributed by atoms with Gasteiger partial charge in [0, 0.05) is 13.1 Å². The van der Waals surface area contributed by atoms with Crippen molar-refractivity contribution >= 4 is 29.2 Å². The SMILES string of the molecule is O=C1Nc2cccc(OCC(O)CNCCOc3ccc(O)cc3)c2C1=Cc1ccccc1C(=O)O. The molecule has 0 radical (unpaired) electrons. The van der Waals surface area contributed by atoms with Gasteiger partial charge in [-0.15, -0.1) is 0 Å². The normalized spacial score (nSPS) is 14.2. The van der Waals surface area contributed by atoms with Crippen molar-refractivity contribution in [2.45, 2.75) is 6.10 Å². The van der Waals surface area contributed by atoms with Crippen LogP contribution < -0.4 is 20.1 Å². The molecule has 3 aromatic carbocycles. The molecule has 0 saturated heterocycles. The molecule has 1 aliphatic heterocycles. The van der Waals surface area contributed by atoms with Gasteiger partial charge in [0.15, 0.2) is 0 Å². The van der Waals surface area contributed by atoms with E-state index in [2.05, 4.69) is 10.6 Å². The minimum Gasteiger partial charge on any atom is -0.508 e. The van der Waals surface area contributed by atoms with Crippen LogP contribution in [0.3, 0.4) is 0 Å². The van der Waals surface area contributed by atoms with E-state index < -0.39 is 12.1 Å². The number of aliphatic hydroxyl groups excluding tert-OH is 1. The smallest absolute Gasteiger partial charge is 0.336 e. The van der Waals surface area contributed by atoms with Gasteiger partial charge in [-0.2, -0.15) is 0 Å². The Labute approximate surface area is 207 Å². The highest BCUT2D eigenvalue weighted by Crippen LogP contribution is 2.40. The highest BCUT2D eigenvalue weighted by atomic mass is 16.5. The topological polar surface area (TPSA) is 137 Å². The maximum atomic E-state index is 12.7. The summed E-state index contributed by atoms with van der Waals surface area (Å²) in [6.07, 6.45) is 0.712. The van der Waals surface area contributed by atoms with Crippen LogP contribution in [0.2, 0.25) is 0 Å². The molecule has 4 rings (SSSR count). The standard InChI is InChI=1S/C27H26N2O7/c30-18-8-10-20(11-9-18)35-13-12-28-15-19(31)16-36-24-7-3-6-23-25(24)22(26(32)29-23)14-17-4-1-2-5-21(17)27(33)34/h1-11,14,19,28,30-31H,12-13,15-16H2,(H,29,32)(H,33,34). The van der Waals surface area contributed by atoms with E-state index >= 15 is 0 Å². The minimum absolute atomic E-state index is 0.0184. The van der Waals surface area contributed by atoms with E-state index in [1.807, 2.05) is 0 Å². The first-order valence-electron chi connectivity index (χ1n) is 11.3. The van der Waals surface area contributed by atoms with Gasteiger partial charge in [0.05, 0.1) is 22.4 Å². The van der Waals surface area contributed by atoms with Gasteiger partial charge >= 0.3 is 5.97 Å². The zero-order chi connectivity index (χ0) is 25.5. The lowest BCUT2D eigenvalue weighted by Crippen LogP contribution is -2.33. The Balaban J connectivity index is 1.36. The van der Waals surface area contributed by atoms with E-state index in [1.54, 1.807) is 60.7 Å². The van der Waals surface area contributed by atoms with Crippen LogP contribution in [0.15, 0.2) is 66.7 Å². The minimum atomic E-state index is -1.09. The number of carbonyl (C=O) groups excluding carboxylic acids is 1. The molecule has 0 aliphatic carbocycles. The molecule has 1 atom stereocenters. The zero-order valence-electron chi connectivity index (χ0n) is 19.3. The number of anilines is 1. The molecule has 0 saturated carbocycles. The van der Waals surface area contributed by atoms with Crippen molar-refractivity contribution in [2.24, 2.45) is 0 Å². The van der Waals surface area contributed by atoms with Crippen LogP contribution >= 0.6 is 0 Å². The van der Waals surface area contributed by atoms with Gasteiger partial charge in [-0.05, 0) is 54.1 Å². The van der Waals surface area contributed by atoms with Gasteiger partial charge in [-0.3, -0.25) is 4.79 Å². The van der Waals surface area contributed by atoms with Gasteiger partial charge in [0.1, 0.15) is 36.6 Å². The molecule has 186 valence electrons. The van der Waals surface area contributed by atoms with Gasteiger partial charge in [-0.1, -0.05) is 24.3 Å². The molecule has 0 aromatic heterocycles. The van der Waals surface area contributed by atoms with E-state index in [-0.39, 0.29) is 35.9 Å². The molecule has 3 aromatic rings. The van der Waals surface area contributed by atoms with Gasteiger partial charge in [0.25, 0.3) is 5.91 Å². The van der Waals surface area contributed by atoms with E-state index in [9.17, 15) is 24.9 Å². The summed E-state index contributed by atoms with van der Waals surface area (Å²) in [6, 6.07) is 18.0. The quantitative estimate of drug-likeness (QED) is 0.204. The predicted molar refractivity (Wildman–Crippen MR) is 134 cm³/mol. The monoisotopic (exact) mass is 490 g/mol. The van der Waals surface area contributed by atoms with Crippen molar-refractivity contribution < 1.29 is 34.4 Å². The second-order valence-electron chi connectivity index (χ2n) is 8.09. The molecule has 1 unspecified atom stereocenters. The predicted octanol–water partition coefficient (Wildman–Crippen LogP) is 2.99. The van der Waals surface area contributed by atoms with Crippen LogP contribution in [0.25, 0.3) is 11.6 Å². The summed E-state index contributed by atoms with van der Waals surface area (Å²) in [5.41, 5.74) is 1.84. The number of phenolic OH excluding ortho intramolecular Hbond substituents is 1. The van der Waals surface area contributed by atoms with Crippen molar-refractivity contribution in [1.29, 1.82) is 0 Å². The number of phenols is 1. The number of aliphatic hydroxyl groups is 1. The Morgan fingerprint density at radius 1 is 1.03 bits per heavy atom. The fraction of sp³-hybridized carbons (Fsp3) is 0.185. The molecule has 9 heteroatoms. The first-order chi connectivity index (χ1) is 17.4. The Hall–Kier alpha value is -4.34. The van der Waals surface area contributed by atoms with Crippen LogP contribution in [0.1, 0.15) is 21.5 Å². The van der Waals surface area contributed by atoms with Gasteiger partial charge in [-0.25, -0.2) is 4.79 Å². The second kappa shape index (κ2) is 11.4. The summed E-state index contributed by atoms with van der Waals surface area (Å²) in [6.45, 7) is 1.12. The average molecular weight is 491 g/mol. The number of ether oxygens (including phenoxy) is 2. The fourth-order valence-electron chi connectivity index (χ4n) is 3.74. The third kappa shape index (κ3) is 6.01. The van der Waals surface area contributed by atoms with Gasteiger partial charge in [0.2, 0.25) is 0 Å². The number of aromatic carboxylic acids is 1. The van der Waals surface area contributed by atoms with Crippen LogP contribution in [-0.4, -0.2) is 59.6 Å². The van der Waals surface area contributed by atoms with E-state index in [0.717, 1.165) is 0 Å². The first-order valence-corrected chi connectivity index (χ1v) is 11.3. The number of hydrogen-bond acceptors (Lipinski definition) is 7. The van der Waals surface area contributed by atoms with Crippen LogP contribution in [0.4, 0.5) is 5.69 Å². The van der Waals surface area contributed by atoms with Crippen molar-refractivity contribution in [2.75, 3.05) is 31.6 Å². The molecule has 0 fully saturated rings. The highest BCUT2D eigenvalue weighted by molar-refractivity contribution is 6.35. The van der Waals surface area contributed by atoms with Crippen LogP contribution in [0, 0.1) is 0 Å². The highest BCUT2D eigenvalue weighted by Gasteiger charge is 2.28. The molecular weight excluding hydrogens is 464 g/mol. The van der Waals surface area contributed by atoms with E-state index in [0.29, 0.717) is 41.5 Å². The Morgan fingerprint density at radius 2 is 1.81 bits per heavy atom. The number of carboxylic acids is 1. The number of hydrogen-bond donors (Lipinski definition) is 5. The Bertz CT molecular complexity index is 1270. The lowest BCUT2D eigenvalue weighted by atomic mass is 10.00. The summed E-state index contributed by atoms with van der Waals surface area (Å²) in [7, 11) is 0. The zero-order valence-corrected chi connectivity index (χ0v) is 19.3. The molecular formula is C27H26N2O7. The van der Waals surface area contributed by atoms with Crippen LogP contribution in [0.5, 0.6) is 17.2 Å². The lowest BCUT2D eigenvalue weighted by Gasteiger charge is -2.15. The number of carboxylic acid groups (broad SMARTS) is 1. The summed E-state index contributed by atoms with van der Waals surface area (Å²) in [5, 5.41) is 34.9. The maximum absolute atomic E-state index is 12.7. The fourth-order valence-corrected chi connectivity index (χ4v) is 3.74. The number of rotatable bonds is 11. The van der Waals surface area contributed by atoms with Crippen LogP contribution in [-0.2, 0) is 4.79 Å². The summed E-state index contributed by atoms with van der Waals surface area (Å²) >= 11 is 0. The number of amides is 1. The maximum Gasteiger partial charge on any atom is 0.336 e. The lowest BCUT2D eigenvalue weighted by molar-refractivity contribution is -0.110. The number of aromatic hydroxyl groups is 1. The largest absolute Gasteiger partial charge is 0.508 e. The van der Waals surface area contributed by atoms with Crippen molar-refractivity contribution in [3.63, 3.8) is 0 Å². The van der Waals surface area contributed by atoms with Crippen molar-refractivity contribution in [3.8, 4) is 17.2 Å². The summed E-state index contributed by atoms with van der Waals surface area (Å²) in [4.78, 5) is 24.2. The first kappa shape index (κ1) is 24.8. The summed E-state index contributed by atoms with van der Waals surface area (Å²) < 4.78 is 11.4. The number of fused-ring (bicyclic) bond motifs is 1. The molecule has 0 bridgehead atoms. The van der Waals surface area contributed by atoms with E-state index in [1.165, 1.54) is 12.1 Å². The average Bonchev–Trinajstić information content (AvgIpc) is 3.19. The third-order valence-corrected chi connectivity index (χ3v) is 5.47. The molecule has 36 heavy (non-hydrogen) atoms. The number of benzene rings is 3. The third-order valence-electron chi connectivity index (χ3n) is 5.47. The van der Waals surface area contributed by atoms with E-state index in [4.69, 9.17) is 9.47 Å². The van der Waals surface area contributed by atoms with Crippen molar-refractivity contribution in [1.82, 2.24) is 5.32 Å². The second-order valence-corrected chi connectivity index (χ2v) is 8.09. The summed E-state index contributed by atoms with van der Waals surface area (Å²) in [5.74, 6) is -0.249. The van der Waals surface area contributed by atoms with Gasteiger partial charge < -0.3 is 35.4 Å². The Morgan fingerprint density at radius 3 is 2.58 bits per heavy atom. The number of carbonyl (C=O) groups is 2. The molecule has 1 aliphatic rings. The molecule has 0 spiro atoms. The molecule has 1 heterocycles. The molecule has 5 N–H and O–H groups in total. The molecule has 9 nitrogen and oxygen atoms in total. The Kier molecular flexibility index (Phi) is 7.84. The number of nitrogens with one attached hydrogen (secondary N) is 2. The molecule has 1 amide bonds.